The van der Waals surface area contributed by atoms with E-state index in [4.69, 9.17) is 4.74 Å². The minimum Gasteiger partial charge on any atom is -0.496 e. The van der Waals surface area contributed by atoms with Crippen molar-refractivity contribution in [2.45, 2.75) is 51.4 Å². The predicted octanol–water partition coefficient (Wildman–Crippen LogP) is 7.67. The maximum Gasteiger partial charge on any atom is 0.433 e. The van der Waals surface area contributed by atoms with Crippen LogP contribution in [0.2, 0.25) is 0 Å². The van der Waals surface area contributed by atoms with Gasteiger partial charge in [-0.25, -0.2) is 4.98 Å². The van der Waals surface area contributed by atoms with Crippen LogP contribution in [0.5, 0.6) is 5.75 Å². The largest absolute Gasteiger partial charge is 0.496 e. The van der Waals surface area contributed by atoms with Gasteiger partial charge < -0.3 is 9.64 Å². The number of hydrogen-bond donors (Lipinski definition) is 0. The third-order valence-corrected chi connectivity index (χ3v) is 6.58. The van der Waals surface area contributed by atoms with Gasteiger partial charge >= 0.3 is 18.5 Å². The molecule has 0 saturated carbocycles. The molecule has 0 amide bonds. The Morgan fingerprint density at radius 3 is 1.95 bits per heavy atom. The second kappa shape index (κ2) is 12.0. The van der Waals surface area contributed by atoms with Crippen molar-refractivity contribution >= 4 is 5.95 Å². The van der Waals surface area contributed by atoms with E-state index in [2.05, 4.69) is 20.4 Å². The van der Waals surface area contributed by atoms with Gasteiger partial charge in [0.1, 0.15) is 11.4 Å². The number of anilines is 1. The molecule has 2 heterocycles. The van der Waals surface area contributed by atoms with Crippen LogP contribution >= 0.6 is 0 Å². The number of pyridine rings is 1. The maximum atomic E-state index is 13.8. The van der Waals surface area contributed by atoms with Gasteiger partial charge in [-0.15, -0.1) is 5.10 Å². The smallest absolute Gasteiger partial charge is 0.433 e. The topological polar surface area (TPSA) is 69.0 Å². The highest BCUT2D eigenvalue weighted by Crippen LogP contribution is 2.39. The summed E-state index contributed by atoms with van der Waals surface area (Å²) < 4.78 is 128. The van der Waals surface area contributed by atoms with Crippen molar-refractivity contribution in [3.05, 3.63) is 82.0 Å². The van der Waals surface area contributed by atoms with Crippen LogP contribution < -0.4 is 9.64 Å². The van der Waals surface area contributed by atoms with Crippen molar-refractivity contribution < 1.29 is 44.3 Å². The molecule has 0 aliphatic heterocycles. The molecule has 7 nitrogen and oxygen atoms in total. The van der Waals surface area contributed by atoms with Crippen molar-refractivity contribution in [1.82, 2.24) is 25.2 Å². The summed E-state index contributed by atoms with van der Waals surface area (Å²) in [7, 11) is 2.71. The standard InChI is InChI=1S/C28H25F9N6O/c1-15(2)17-5-7-22(44-4)21(11-17)24-18(6-8-23(38-24)28(35,36)37)14-43(25-39-41-42(3)40-25)13-16-9-19(26(29,30)31)12-20(10-16)27(32,33)34/h5-12,15H,13-14H2,1-4H3. The number of halogens is 9. The Morgan fingerprint density at radius 2 is 1.45 bits per heavy atom. The summed E-state index contributed by atoms with van der Waals surface area (Å²) >= 11 is 0. The van der Waals surface area contributed by atoms with Crippen LogP contribution in [-0.4, -0.2) is 32.3 Å². The molecular formula is C28H25F9N6O. The number of ether oxygens (including phenoxy) is 1. The zero-order chi connectivity index (χ0) is 32.6. The molecular weight excluding hydrogens is 607 g/mol. The molecule has 0 radical (unpaired) electrons. The quantitative estimate of drug-likeness (QED) is 0.186. The molecule has 0 unspecified atom stereocenters. The Balaban J connectivity index is 1.89. The SMILES string of the molecule is COc1ccc(C(C)C)cc1-c1nc(C(F)(F)F)ccc1CN(Cc1cc(C(F)(F)F)cc(C(F)(F)F)c1)c1nnn(C)n1. The van der Waals surface area contributed by atoms with Crippen LogP contribution in [0, 0.1) is 0 Å². The number of aromatic nitrogens is 5. The first-order valence-electron chi connectivity index (χ1n) is 12.9. The molecule has 0 fully saturated rings. The van der Waals surface area contributed by atoms with E-state index in [1.165, 1.54) is 19.1 Å². The molecule has 0 aliphatic rings. The highest BCUT2D eigenvalue weighted by molar-refractivity contribution is 5.71. The van der Waals surface area contributed by atoms with Crippen molar-refractivity contribution in [2.75, 3.05) is 12.0 Å². The minimum absolute atomic E-state index is 0.000287. The van der Waals surface area contributed by atoms with Gasteiger partial charge in [0.2, 0.25) is 0 Å². The zero-order valence-corrected chi connectivity index (χ0v) is 23.6. The molecule has 16 heteroatoms. The molecule has 2 aromatic carbocycles. The molecule has 0 aliphatic carbocycles. The number of nitrogens with zero attached hydrogens (tertiary/aromatic N) is 6. The number of hydrogen-bond acceptors (Lipinski definition) is 6. The zero-order valence-electron chi connectivity index (χ0n) is 23.6. The summed E-state index contributed by atoms with van der Waals surface area (Å²) in [5, 5.41) is 11.6. The van der Waals surface area contributed by atoms with E-state index in [1.54, 1.807) is 18.2 Å². The van der Waals surface area contributed by atoms with Crippen molar-refractivity contribution in [3.63, 3.8) is 0 Å². The molecule has 4 aromatic rings. The number of tetrazole rings is 1. The van der Waals surface area contributed by atoms with Gasteiger partial charge in [-0.3, -0.25) is 0 Å². The Morgan fingerprint density at radius 1 is 0.818 bits per heavy atom. The summed E-state index contributed by atoms with van der Waals surface area (Å²) in [5.74, 6) is -0.0375. The first-order valence-corrected chi connectivity index (χ1v) is 12.9. The molecule has 0 spiro atoms. The van der Waals surface area contributed by atoms with Crippen LogP contribution in [0.4, 0.5) is 45.5 Å². The van der Waals surface area contributed by atoms with Gasteiger partial charge in [-0.05, 0) is 64.2 Å². The lowest BCUT2D eigenvalue weighted by molar-refractivity contribution is -0.143. The predicted molar refractivity (Wildman–Crippen MR) is 140 cm³/mol. The van der Waals surface area contributed by atoms with Gasteiger partial charge in [0.25, 0.3) is 5.95 Å². The first kappa shape index (κ1) is 32.5. The lowest BCUT2D eigenvalue weighted by Crippen LogP contribution is -2.25. The van der Waals surface area contributed by atoms with Gasteiger partial charge in [0, 0.05) is 18.7 Å². The summed E-state index contributed by atoms with van der Waals surface area (Å²) in [6, 6.07) is 7.89. The second-order valence-corrected chi connectivity index (χ2v) is 10.2. The summed E-state index contributed by atoms with van der Waals surface area (Å²) in [4.78, 5) is 6.08. The van der Waals surface area contributed by atoms with Gasteiger partial charge in [-0.2, -0.15) is 44.3 Å². The molecule has 4 rings (SSSR count). The average molecular weight is 633 g/mol. The van der Waals surface area contributed by atoms with Crippen molar-refractivity contribution in [3.8, 4) is 17.0 Å². The normalized spacial score (nSPS) is 12.6. The Hall–Kier alpha value is -4.37. The van der Waals surface area contributed by atoms with Crippen LogP contribution in [0.25, 0.3) is 11.3 Å². The van der Waals surface area contributed by atoms with Gasteiger partial charge in [0.15, 0.2) is 0 Å². The fourth-order valence-corrected chi connectivity index (χ4v) is 4.41. The maximum absolute atomic E-state index is 13.8. The van der Waals surface area contributed by atoms with Crippen LogP contribution in [0.3, 0.4) is 0 Å². The van der Waals surface area contributed by atoms with Crippen LogP contribution in [0.15, 0.2) is 48.5 Å². The lowest BCUT2D eigenvalue weighted by atomic mass is 9.96. The lowest BCUT2D eigenvalue weighted by Gasteiger charge is -2.24. The Kier molecular flexibility index (Phi) is 8.85. The van der Waals surface area contributed by atoms with Gasteiger partial charge in [-0.1, -0.05) is 31.1 Å². The number of benzene rings is 2. The van der Waals surface area contributed by atoms with Crippen molar-refractivity contribution in [2.24, 2.45) is 7.05 Å². The molecule has 44 heavy (non-hydrogen) atoms. The minimum atomic E-state index is -5.09. The van der Waals surface area contributed by atoms with E-state index >= 15 is 0 Å². The Bertz CT molecular complexity index is 1600. The number of aryl methyl sites for hydroxylation is 1. The van der Waals surface area contributed by atoms with Crippen molar-refractivity contribution in [1.29, 1.82) is 0 Å². The highest BCUT2D eigenvalue weighted by Gasteiger charge is 2.37. The molecule has 2 aromatic heterocycles. The summed E-state index contributed by atoms with van der Waals surface area (Å²) in [5.41, 5.74) is -3.75. The van der Waals surface area contributed by atoms with E-state index in [0.717, 1.165) is 22.5 Å². The molecule has 0 N–H and O–H groups in total. The second-order valence-electron chi connectivity index (χ2n) is 10.2. The van der Waals surface area contributed by atoms with Gasteiger partial charge in [0.05, 0.1) is 31.0 Å². The Labute approximate surface area is 245 Å². The molecule has 0 bridgehead atoms. The van der Waals surface area contributed by atoms with E-state index in [1.807, 2.05) is 13.8 Å². The number of rotatable bonds is 8. The van der Waals surface area contributed by atoms with E-state index in [-0.39, 0.29) is 47.0 Å². The third kappa shape index (κ3) is 7.39. The highest BCUT2D eigenvalue weighted by atomic mass is 19.4. The van der Waals surface area contributed by atoms with Crippen LogP contribution in [0.1, 0.15) is 53.3 Å². The number of alkyl halides is 9. The first-order chi connectivity index (χ1) is 20.4. The summed E-state index contributed by atoms with van der Waals surface area (Å²) in [6.45, 7) is 2.77. The fraction of sp³-hybridized carbons (Fsp3) is 0.357. The molecule has 0 saturated heterocycles. The number of methoxy groups -OCH3 is 1. The van der Waals surface area contributed by atoms with E-state index in [9.17, 15) is 39.5 Å². The molecule has 236 valence electrons. The molecule has 0 atom stereocenters. The van der Waals surface area contributed by atoms with E-state index in [0.29, 0.717) is 12.1 Å². The third-order valence-electron chi connectivity index (χ3n) is 6.58. The fourth-order valence-electron chi connectivity index (χ4n) is 4.41. The monoisotopic (exact) mass is 632 g/mol. The van der Waals surface area contributed by atoms with Crippen LogP contribution in [-0.2, 0) is 38.7 Å². The van der Waals surface area contributed by atoms with E-state index < -0.39 is 47.5 Å². The average Bonchev–Trinajstić information content (AvgIpc) is 3.37. The summed E-state index contributed by atoms with van der Waals surface area (Å²) in [6.07, 6.45) is -15.0.